The predicted octanol–water partition coefficient (Wildman–Crippen LogP) is 7.87. The fourth-order valence-electron chi connectivity index (χ4n) is 2.32. The number of hydrogen-bond acceptors (Lipinski definition) is 4. The lowest BCUT2D eigenvalue weighted by molar-refractivity contribution is -0.153. The van der Waals surface area contributed by atoms with Gasteiger partial charge >= 0.3 is 6.18 Å². The van der Waals surface area contributed by atoms with Gasteiger partial charge in [-0.15, -0.1) is 0 Å². The SMILES string of the molecule is FC(F)(F)COc1ccc(OCCCCOc2c(Cl)cc(OCC=C(Cl)Cl)cc2Cl)cc1. The van der Waals surface area contributed by atoms with Crippen LogP contribution in [0.3, 0.4) is 0 Å². The van der Waals surface area contributed by atoms with Crippen LogP contribution in [-0.2, 0) is 0 Å². The molecular weight excluding hydrogens is 515 g/mol. The molecule has 0 heterocycles. The van der Waals surface area contributed by atoms with Gasteiger partial charge in [-0.1, -0.05) is 46.4 Å². The van der Waals surface area contributed by atoms with Crippen molar-refractivity contribution in [2.75, 3.05) is 26.4 Å². The molecule has 0 radical (unpaired) electrons. The zero-order chi connectivity index (χ0) is 23.6. The minimum atomic E-state index is -4.38. The minimum Gasteiger partial charge on any atom is -0.494 e. The summed E-state index contributed by atoms with van der Waals surface area (Å²) in [6, 6.07) is 9.07. The molecule has 0 spiro atoms. The van der Waals surface area contributed by atoms with Gasteiger partial charge in [0.1, 0.15) is 28.3 Å². The molecule has 0 aliphatic heterocycles. The molecule has 0 aromatic heterocycles. The Labute approximate surface area is 203 Å². The van der Waals surface area contributed by atoms with Gasteiger partial charge in [0.15, 0.2) is 12.4 Å². The molecule has 0 aliphatic carbocycles. The molecule has 2 aromatic carbocycles. The molecule has 176 valence electrons. The van der Waals surface area contributed by atoms with Crippen LogP contribution in [0.15, 0.2) is 47.0 Å². The van der Waals surface area contributed by atoms with Crippen molar-refractivity contribution in [3.63, 3.8) is 0 Å². The zero-order valence-electron chi connectivity index (χ0n) is 16.6. The van der Waals surface area contributed by atoms with E-state index in [0.717, 1.165) is 0 Å². The Bertz CT molecular complexity index is 863. The lowest BCUT2D eigenvalue weighted by Gasteiger charge is -2.12. The Balaban J connectivity index is 1.69. The van der Waals surface area contributed by atoms with E-state index in [4.69, 9.17) is 60.6 Å². The standard InChI is InChI=1S/C21H19Cl4F3O4/c22-17-11-16(30-10-7-19(24)25)12-18(23)20(17)31-9-2-1-8-29-14-3-5-15(6-4-14)32-13-21(26,27)28/h3-7,11-12H,1-2,8-10,13H2. The van der Waals surface area contributed by atoms with E-state index in [9.17, 15) is 13.2 Å². The van der Waals surface area contributed by atoms with Gasteiger partial charge in [0, 0.05) is 12.1 Å². The topological polar surface area (TPSA) is 36.9 Å². The smallest absolute Gasteiger partial charge is 0.422 e. The first-order chi connectivity index (χ1) is 15.1. The highest BCUT2D eigenvalue weighted by atomic mass is 35.5. The third-order valence-electron chi connectivity index (χ3n) is 3.74. The average Bonchev–Trinajstić information content (AvgIpc) is 2.70. The largest absolute Gasteiger partial charge is 0.494 e. The fourth-order valence-corrected chi connectivity index (χ4v) is 3.03. The van der Waals surface area contributed by atoms with E-state index in [1.54, 1.807) is 24.3 Å². The van der Waals surface area contributed by atoms with Crippen LogP contribution in [0.1, 0.15) is 12.8 Å². The molecule has 11 heteroatoms. The summed E-state index contributed by atoms with van der Waals surface area (Å²) < 4.78 is 57.8. The predicted molar refractivity (Wildman–Crippen MR) is 120 cm³/mol. The second kappa shape index (κ2) is 13.1. The Kier molecular flexibility index (Phi) is 10.9. The van der Waals surface area contributed by atoms with Crippen molar-refractivity contribution in [2.45, 2.75) is 19.0 Å². The number of benzene rings is 2. The van der Waals surface area contributed by atoms with E-state index in [0.29, 0.717) is 53.3 Å². The maximum Gasteiger partial charge on any atom is 0.422 e. The first kappa shape index (κ1) is 26.6. The first-order valence-electron chi connectivity index (χ1n) is 9.32. The summed E-state index contributed by atoms with van der Waals surface area (Å²) >= 11 is 23.4. The van der Waals surface area contributed by atoms with Gasteiger partial charge < -0.3 is 18.9 Å². The third kappa shape index (κ3) is 10.3. The van der Waals surface area contributed by atoms with Gasteiger partial charge in [-0.2, -0.15) is 13.2 Å². The van der Waals surface area contributed by atoms with Crippen LogP contribution in [0.5, 0.6) is 23.0 Å². The summed E-state index contributed by atoms with van der Waals surface area (Å²) in [5.41, 5.74) is 0. The number of hydrogen-bond donors (Lipinski definition) is 0. The van der Waals surface area contributed by atoms with Crippen LogP contribution in [0, 0.1) is 0 Å². The third-order valence-corrected chi connectivity index (χ3v) is 4.61. The van der Waals surface area contributed by atoms with Gasteiger partial charge in [0.25, 0.3) is 0 Å². The van der Waals surface area contributed by atoms with E-state index >= 15 is 0 Å². The molecule has 32 heavy (non-hydrogen) atoms. The molecule has 0 saturated carbocycles. The molecule has 0 bridgehead atoms. The lowest BCUT2D eigenvalue weighted by atomic mass is 10.3. The molecule has 0 atom stereocenters. The summed E-state index contributed by atoms with van der Waals surface area (Å²) in [5, 5.41) is 0.607. The van der Waals surface area contributed by atoms with Crippen molar-refractivity contribution in [1.82, 2.24) is 0 Å². The lowest BCUT2D eigenvalue weighted by Crippen LogP contribution is -2.19. The fraction of sp³-hybridized carbons (Fsp3) is 0.333. The zero-order valence-corrected chi connectivity index (χ0v) is 19.6. The van der Waals surface area contributed by atoms with Crippen molar-refractivity contribution in [3.05, 3.63) is 57.0 Å². The number of ether oxygens (including phenoxy) is 4. The van der Waals surface area contributed by atoms with Crippen molar-refractivity contribution >= 4 is 46.4 Å². The van der Waals surface area contributed by atoms with Gasteiger partial charge in [-0.25, -0.2) is 0 Å². The van der Waals surface area contributed by atoms with Crippen LogP contribution >= 0.6 is 46.4 Å². The van der Waals surface area contributed by atoms with Crippen molar-refractivity contribution in [2.24, 2.45) is 0 Å². The van der Waals surface area contributed by atoms with Crippen LogP contribution < -0.4 is 18.9 Å². The van der Waals surface area contributed by atoms with E-state index < -0.39 is 12.8 Å². The number of rotatable bonds is 12. The molecule has 0 aliphatic rings. The summed E-state index contributed by atoms with van der Waals surface area (Å²) in [4.78, 5) is 0. The molecule has 2 aromatic rings. The second-order valence-electron chi connectivity index (χ2n) is 6.30. The quantitative estimate of drug-likeness (QED) is 0.260. The monoisotopic (exact) mass is 532 g/mol. The molecule has 0 saturated heterocycles. The molecule has 4 nitrogen and oxygen atoms in total. The van der Waals surface area contributed by atoms with E-state index in [2.05, 4.69) is 4.74 Å². The summed E-state index contributed by atoms with van der Waals surface area (Å²) in [6.07, 6.45) is -1.56. The second-order valence-corrected chi connectivity index (χ2v) is 8.12. The maximum absolute atomic E-state index is 12.1. The van der Waals surface area contributed by atoms with Crippen LogP contribution in [0.2, 0.25) is 10.0 Å². The van der Waals surface area contributed by atoms with E-state index in [1.807, 2.05) is 0 Å². The molecule has 0 unspecified atom stereocenters. The molecule has 0 N–H and O–H groups in total. The van der Waals surface area contributed by atoms with Crippen molar-refractivity contribution in [3.8, 4) is 23.0 Å². The van der Waals surface area contributed by atoms with Crippen molar-refractivity contribution in [1.29, 1.82) is 0 Å². The van der Waals surface area contributed by atoms with Gasteiger partial charge in [0.2, 0.25) is 0 Å². The van der Waals surface area contributed by atoms with Crippen LogP contribution in [0.4, 0.5) is 13.2 Å². The van der Waals surface area contributed by atoms with Crippen molar-refractivity contribution < 1.29 is 32.1 Å². The van der Waals surface area contributed by atoms with Crippen LogP contribution in [-0.4, -0.2) is 32.6 Å². The molecule has 0 fully saturated rings. The van der Waals surface area contributed by atoms with Gasteiger partial charge in [-0.05, 0) is 43.2 Å². The van der Waals surface area contributed by atoms with E-state index in [1.165, 1.54) is 18.2 Å². The Morgan fingerprint density at radius 2 is 1.31 bits per heavy atom. The number of halogens is 7. The first-order valence-corrected chi connectivity index (χ1v) is 10.8. The maximum atomic E-state index is 12.1. The molecular formula is C21H19Cl4F3O4. The molecule has 0 amide bonds. The summed E-state index contributed by atoms with van der Waals surface area (Å²) in [6.45, 7) is -0.412. The van der Waals surface area contributed by atoms with Gasteiger partial charge in [0.05, 0.1) is 23.3 Å². The highest BCUT2D eigenvalue weighted by Crippen LogP contribution is 2.37. The number of alkyl halides is 3. The Hall–Kier alpha value is -1.67. The van der Waals surface area contributed by atoms with Crippen LogP contribution in [0.25, 0.3) is 0 Å². The highest BCUT2D eigenvalue weighted by Gasteiger charge is 2.28. The highest BCUT2D eigenvalue weighted by molar-refractivity contribution is 6.55. The minimum absolute atomic E-state index is 0.0955. The molecule has 2 rings (SSSR count). The summed E-state index contributed by atoms with van der Waals surface area (Å²) in [5.74, 6) is 1.44. The summed E-state index contributed by atoms with van der Waals surface area (Å²) in [7, 11) is 0. The Morgan fingerprint density at radius 1 is 0.781 bits per heavy atom. The Morgan fingerprint density at radius 3 is 1.84 bits per heavy atom. The normalized spacial score (nSPS) is 11.1. The average molecular weight is 534 g/mol. The van der Waals surface area contributed by atoms with E-state index in [-0.39, 0.29) is 16.8 Å². The number of unbranched alkanes of at least 4 members (excludes halogenated alkanes) is 1. The van der Waals surface area contributed by atoms with Gasteiger partial charge in [-0.3, -0.25) is 0 Å².